The molecule has 0 bridgehead atoms. The van der Waals surface area contributed by atoms with Crippen LogP contribution >= 0.6 is 0 Å². The van der Waals surface area contributed by atoms with Crippen LogP contribution in [0, 0.1) is 11.6 Å². The minimum Gasteiger partial charge on any atom is -0.423 e. The van der Waals surface area contributed by atoms with Crippen molar-refractivity contribution in [3.8, 4) is 16.9 Å². The zero-order valence-electron chi connectivity index (χ0n) is 20.4. The second-order valence-electron chi connectivity index (χ2n) is 9.20. The molecule has 0 fully saturated rings. The van der Waals surface area contributed by atoms with E-state index in [9.17, 15) is 9.18 Å². The van der Waals surface area contributed by atoms with E-state index in [1.165, 1.54) is 18.2 Å². The molecule has 0 N–H and O–H groups in total. The smallest absolute Gasteiger partial charge is 0.346 e. The normalized spacial score (nSPS) is 15.1. The van der Waals surface area contributed by atoms with Crippen LogP contribution in [0.2, 0.25) is 0 Å². The third kappa shape index (κ3) is 4.62. The van der Waals surface area contributed by atoms with Gasteiger partial charge in [-0.3, -0.25) is 0 Å². The van der Waals surface area contributed by atoms with E-state index in [1.807, 2.05) is 0 Å². The van der Waals surface area contributed by atoms with Crippen molar-refractivity contribution in [2.75, 3.05) is 0 Å². The van der Waals surface area contributed by atoms with Gasteiger partial charge < -0.3 is 4.74 Å². The number of hydrogen-bond donors (Lipinski definition) is 0. The molecule has 0 heterocycles. The number of ether oxygens (including phenoxy) is 1. The Kier molecular flexibility index (Phi) is 7.40. The van der Waals surface area contributed by atoms with Crippen LogP contribution in [0.5, 0.6) is 5.75 Å². The number of carbonyl (C=O) groups is 1. The molecule has 0 atom stereocenters. The van der Waals surface area contributed by atoms with Crippen LogP contribution < -0.4 is 4.74 Å². The van der Waals surface area contributed by atoms with Gasteiger partial charge in [-0.25, -0.2) is 13.6 Å². The highest BCUT2D eigenvalue weighted by Crippen LogP contribution is 2.59. The molecule has 37 heavy (non-hydrogen) atoms. The van der Waals surface area contributed by atoms with Crippen molar-refractivity contribution < 1.29 is 35.9 Å². The molecule has 0 aliphatic heterocycles. The molecule has 0 unspecified atom stereocenters. The highest BCUT2D eigenvalue weighted by molar-refractivity contribution is 5.93. The Morgan fingerprint density at radius 1 is 0.730 bits per heavy atom. The molecule has 0 saturated carbocycles. The van der Waals surface area contributed by atoms with Gasteiger partial charge in [-0.05, 0) is 59.7 Å². The van der Waals surface area contributed by atoms with Crippen LogP contribution in [0.1, 0.15) is 72.1 Å². The van der Waals surface area contributed by atoms with Crippen molar-refractivity contribution in [2.45, 2.75) is 64.2 Å². The average Bonchev–Trinajstić information content (AvgIpc) is 2.85. The molecule has 0 saturated heterocycles. The van der Waals surface area contributed by atoms with E-state index in [0.717, 1.165) is 49.4 Å². The topological polar surface area (TPSA) is 26.3 Å². The van der Waals surface area contributed by atoms with Crippen LogP contribution in [-0.4, -0.2) is 5.97 Å². The van der Waals surface area contributed by atoms with Crippen LogP contribution in [0.4, 0.5) is 26.3 Å². The summed E-state index contributed by atoms with van der Waals surface area (Å²) in [5.74, 6) is -14.7. The lowest BCUT2D eigenvalue weighted by molar-refractivity contribution is -0.227. The van der Waals surface area contributed by atoms with E-state index in [4.69, 9.17) is 4.74 Å². The van der Waals surface area contributed by atoms with E-state index >= 15 is 22.0 Å². The quantitative estimate of drug-likeness (QED) is 0.128. The molecule has 4 rings (SSSR count). The van der Waals surface area contributed by atoms with Crippen molar-refractivity contribution in [3.05, 3.63) is 88.0 Å². The van der Waals surface area contributed by atoms with Gasteiger partial charge in [0.05, 0.1) is 16.7 Å². The highest BCUT2D eigenvalue weighted by atomic mass is 19.3. The van der Waals surface area contributed by atoms with Crippen LogP contribution in [0.3, 0.4) is 0 Å². The Bertz CT molecular complexity index is 1310. The average molecular weight is 521 g/mol. The second-order valence-corrected chi connectivity index (χ2v) is 9.20. The van der Waals surface area contributed by atoms with Crippen molar-refractivity contribution in [1.29, 1.82) is 0 Å². The number of benzene rings is 3. The number of rotatable bonds is 8. The zero-order chi connectivity index (χ0) is 27.0. The highest BCUT2D eigenvalue weighted by Gasteiger charge is 2.65. The molecule has 3 aromatic rings. The van der Waals surface area contributed by atoms with E-state index in [-0.39, 0.29) is 17.7 Å². The molecule has 0 radical (unpaired) electrons. The Hall–Kier alpha value is -3.29. The molecule has 0 spiro atoms. The first kappa shape index (κ1) is 26.8. The molecule has 3 aromatic carbocycles. The molecular formula is C29H26F6O2. The van der Waals surface area contributed by atoms with Crippen LogP contribution in [-0.2, 0) is 24.7 Å². The van der Waals surface area contributed by atoms with Gasteiger partial charge in [0.25, 0.3) is 0 Å². The number of alkyl halides is 4. The number of esters is 1. The minimum atomic E-state index is -5.11. The molecule has 0 amide bonds. The molecule has 8 heteroatoms. The molecular weight excluding hydrogens is 494 g/mol. The number of fused-ring (bicyclic) bond motifs is 3. The Morgan fingerprint density at radius 3 is 1.92 bits per heavy atom. The maximum atomic E-state index is 15.4. The van der Waals surface area contributed by atoms with E-state index in [0.29, 0.717) is 6.42 Å². The molecule has 2 nitrogen and oxygen atoms in total. The lowest BCUT2D eigenvalue weighted by atomic mass is 9.78. The van der Waals surface area contributed by atoms with E-state index < -0.39 is 57.3 Å². The summed E-state index contributed by atoms with van der Waals surface area (Å²) < 4.78 is 95.9. The first-order valence-electron chi connectivity index (χ1n) is 12.3. The third-order valence-electron chi connectivity index (χ3n) is 6.62. The Morgan fingerprint density at radius 2 is 1.32 bits per heavy atom. The van der Waals surface area contributed by atoms with Crippen LogP contribution in [0.15, 0.2) is 48.5 Å². The SMILES string of the molecule is CCCCCc1ccc(OC(=O)c2ccc3c(c2F)C(F)(F)C(F)(F)c2c-3ccc(CCC)c2F)cc1. The summed E-state index contributed by atoms with van der Waals surface area (Å²) in [6.45, 7) is 3.78. The van der Waals surface area contributed by atoms with Gasteiger partial charge in [0.2, 0.25) is 0 Å². The van der Waals surface area contributed by atoms with Crippen molar-refractivity contribution in [3.63, 3.8) is 0 Å². The lowest BCUT2D eigenvalue weighted by Crippen LogP contribution is -2.41. The van der Waals surface area contributed by atoms with E-state index in [2.05, 4.69) is 6.92 Å². The van der Waals surface area contributed by atoms with Gasteiger partial charge in [0, 0.05) is 0 Å². The predicted molar refractivity (Wildman–Crippen MR) is 128 cm³/mol. The number of unbranched alkanes of at least 4 members (excludes halogenated alkanes) is 2. The van der Waals surface area contributed by atoms with Gasteiger partial charge in [0.1, 0.15) is 17.4 Å². The summed E-state index contributed by atoms with van der Waals surface area (Å²) in [4.78, 5) is 12.7. The van der Waals surface area contributed by atoms with E-state index in [1.54, 1.807) is 19.1 Å². The molecule has 1 aliphatic rings. The van der Waals surface area contributed by atoms with Gasteiger partial charge in [-0.15, -0.1) is 0 Å². The fraction of sp³-hybridized carbons (Fsp3) is 0.345. The summed E-state index contributed by atoms with van der Waals surface area (Å²) in [5.41, 5.74) is -4.31. The second kappa shape index (κ2) is 10.2. The largest absolute Gasteiger partial charge is 0.423 e. The zero-order valence-corrected chi connectivity index (χ0v) is 20.4. The maximum absolute atomic E-state index is 15.4. The summed E-state index contributed by atoms with van der Waals surface area (Å²) in [5, 5.41) is 0. The Balaban J connectivity index is 1.71. The van der Waals surface area contributed by atoms with Crippen molar-refractivity contribution in [1.82, 2.24) is 0 Å². The lowest BCUT2D eigenvalue weighted by Gasteiger charge is -2.35. The minimum absolute atomic E-state index is 0.0503. The molecule has 196 valence electrons. The number of hydrogen-bond acceptors (Lipinski definition) is 2. The van der Waals surface area contributed by atoms with Gasteiger partial charge >= 0.3 is 17.8 Å². The number of carbonyl (C=O) groups excluding carboxylic acids is 1. The first-order chi connectivity index (χ1) is 17.5. The monoisotopic (exact) mass is 520 g/mol. The van der Waals surface area contributed by atoms with Crippen LogP contribution in [0.25, 0.3) is 11.1 Å². The van der Waals surface area contributed by atoms with Gasteiger partial charge in [0.15, 0.2) is 0 Å². The third-order valence-corrected chi connectivity index (χ3v) is 6.62. The number of aryl methyl sites for hydroxylation is 2. The summed E-state index contributed by atoms with van der Waals surface area (Å²) in [6.07, 6.45) is 4.43. The fourth-order valence-corrected chi connectivity index (χ4v) is 4.66. The maximum Gasteiger partial charge on any atom is 0.346 e. The van der Waals surface area contributed by atoms with Gasteiger partial charge in [-0.2, -0.15) is 17.6 Å². The Labute approximate surface area is 211 Å². The standard InChI is InChI=1S/C29H26F6O2/c1-3-5-6-8-17-9-12-19(13-10-17)37-27(36)22-16-15-21-20-14-11-18(7-4-2)25(30)23(20)28(32,33)29(34,35)24(21)26(22)31/h9-16H,3-8H2,1-2H3. The molecule has 0 aromatic heterocycles. The predicted octanol–water partition coefficient (Wildman–Crippen LogP) is 8.73. The van der Waals surface area contributed by atoms with Crippen molar-refractivity contribution >= 4 is 5.97 Å². The van der Waals surface area contributed by atoms with Gasteiger partial charge in [-0.1, -0.05) is 63.4 Å². The first-order valence-corrected chi connectivity index (χ1v) is 12.3. The molecule has 1 aliphatic carbocycles. The summed E-state index contributed by atoms with van der Waals surface area (Å²) >= 11 is 0. The summed E-state index contributed by atoms with van der Waals surface area (Å²) in [6, 6.07) is 10.6. The fourth-order valence-electron chi connectivity index (χ4n) is 4.66. The number of halogens is 6. The van der Waals surface area contributed by atoms with Crippen molar-refractivity contribution in [2.24, 2.45) is 0 Å². The summed E-state index contributed by atoms with van der Waals surface area (Å²) in [7, 11) is 0.